The number of likely N-dealkylation sites (N-methyl/N-ethyl adjacent to an activating group) is 1. The molecule has 3 N–H and O–H groups in total. The molecule has 0 saturated heterocycles. The van der Waals surface area contributed by atoms with Gasteiger partial charge < -0.3 is 25.0 Å². The van der Waals surface area contributed by atoms with Gasteiger partial charge in [0.2, 0.25) is 11.8 Å². The van der Waals surface area contributed by atoms with E-state index < -0.39 is 6.09 Å². The van der Waals surface area contributed by atoms with E-state index in [1.807, 2.05) is 20.8 Å². The van der Waals surface area contributed by atoms with Crippen molar-refractivity contribution in [2.45, 2.75) is 26.3 Å². The van der Waals surface area contributed by atoms with Crippen LogP contribution in [0.1, 0.15) is 20.8 Å². The average Bonchev–Trinajstić information content (AvgIpc) is 2.58. The molecule has 1 rings (SSSR count). The number of hydrogen-bond donors (Lipinski definition) is 3. The van der Waals surface area contributed by atoms with Gasteiger partial charge in [-0.25, -0.2) is 4.79 Å². The third-order valence-electron chi connectivity index (χ3n) is 3.39. The van der Waals surface area contributed by atoms with Gasteiger partial charge in [0.25, 0.3) is 0 Å². The van der Waals surface area contributed by atoms with E-state index in [1.54, 1.807) is 31.3 Å². The lowest BCUT2D eigenvalue weighted by molar-refractivity contribution is -0.133. The van der Waals surface area contributed by atoms with Crippen LogP contribution in [0.5, 0.6) is 0 Å². The van der Waals surface area contributed by atoms with Crippen LogP contribution in [0.15, 0.2) is 24.3 Å². The Morgan fingerprint density at radius 3 is 2.43 bits per heavy atom. The van der Waals surface area contributed by atoms with Crippen molar-refractivity contribution in [1.82, 2.24) is 10.2 Å². The fraction of sp³-hybridized carbons (Fsp3) is 0.526. The molecule has 0 bridgehead atoms. The summed E-state index contributed by atoms with van der Waals surface area (Å²) in [6.07, 6.45) is -0.588. The minimum absolute atomic E-state index is 0.0149. The first-order valence-corrected chi connectivity index (χ1v) is 8.92. The molecule has 28 heavy (non-hydrogen) atoms. The number of benzene rings is 1. The van der Waals surface area contributed by atoms with E-state index in [0.717, 1.165) is 0 Å². The maximum Gasteiger partial charge on any atom is 0.411 e. The number of carbonyl (C=O) groups excluding carboxylic acids is 3. The number of ether oxygens (including phenoxy) is 2. The number of nitrogens with zero attached hydrogens (tertiary/aromatic N) is 1. The number of rotatable bonds is 9. The van der Waals surface area contributed by atoms with Crippen LogP contribution in [-0.4, -0.2) is 68.8 Å². The Kier molecular flexibility index (Phi) is 9.23. The van der Waals surface area contributed by atoms with Gasteiger partial charge in [-0.2, -0.15) is 0 Å². The second-order valence-corrected chi connectivity index (χ2v) is 7.24. The van der Waals surface area contributed by atoms with Crippen molar-refractivity contribution in [3.63, 3.8) is 0 Å². The Bertz CT molecular complexity index is 673. The van der Waals surface area contributed by atoms with E-state index in [4.69, 9.17) is 9.47 Å². The van der Waals surface area contributed by atoms with Crippen molar-refractivity contribution in [3.05, 3.63) is 24.3 Å². The summed E-state index contributed by atoms with van der Waals surface area (Å²) < 4.78 is 9.74. The topological polar surface area (TPSA) is 109 Å². The maximum atomic E-state index is 12.2. The van der Waals surface area contributed by atoms with E-state index in [9.17, 15) is 14.4 Å². The molecule has 0 aliphatic rings. The molecule has 0 saturated carbocycles. The average molecular weight is 394 g/mol. The molecule has 0 unspecified atom stereocenters. The Balaban J connectivity index is 2.48. The molecule has 0 fully saturated rings. The van der Waals surface area contributed by atoms with E-state index in [-0.39, 0.29) is 37.0 Å². The highest BCUT2D eigenvalue weighted by atomic mass is 16.6. The number of nitrogens with one attached hydrogen (secondary N) is 3. The molecule has 0 heterocycles. The predicted molar refractivity (Wildman–Crippen MR) is 107 cm³/mol. The van der Waals surface area contributed by atoms with Gasteiger partial charge in [0, 0.05) is 31.1 Å². The van der Waals surface area contributed by atoms with Crippen LogP contribution in [0.4, 0.5) is 16.2 Å². The van der Waals surface area contributed by atoms with Crippen LogP contribution in [0.25, 0.3) is 0 Å². The summed E-state index contributed by atoms with van der Waals surface area (Å²) >= 11 is 0. The molecule has 156 valence electrons. The lowest BCUT2D eigenvalue weighted by atomic mass is 10.1. The molecule has 0 aliphatic heterocycles. The minimum atomic E-state index is -0.588. The highest BCUT2D eigenvalue weighted by molar-refractivity contribution is 5.88. The van der Waals surface area contributed by atoms with E-state index >= 15 is 0 Å². The first kappa shape index (κ1) is 23.2. The maximum absolute atomic E-state index is 12.2. The van der Waals surface area contributed by atoms with Crippen molar-refractivity contribution >= 4 is 29.3 Å². The van der Waals surface area contributed by atoms with Gasteiger partial charge in [-0.15, -0.1) is 0 Å². The normalized spacial score (nSPS) is 10.8. The molecule has 3 amide bonds. The van der Waals surface area contributed by atoms with Crippen molar-refractivity contribution < 1.29 is 23.9 Å². The quantitative estimate of drug-likeness (QED) is 0.550. The third kappa shape index (κ3) is 9.77. The molecule has 0 radical (unpaired) electrons. The summed E-state index contributed by atoms with van der Waals surface area (Å²) in [7, 11) is 3.09. The van der Waals surface area contributed by atoms with Crippen molar-refractivity contribution in [1.29, 1.82) is 0 Å². The molecule has 9 heteroatoms. The SMILES string of the molecule is COCCOC(=O)Nc1cccc(NCC(=O)N(C)CC(=O)NC(C)(C)C)c1. The van der Waals surface area contributed by atoms with E-state index in [0.29, 0.717) is 18.0 Å². The first-order valence-electron chi connectivity index (χ1n) is 8.92. The summed E-state index contributed by atoms with van der Waals surface area (Å²) in [6.45, 7) is 6.10. The fourth-order valence-corrected chi connectivity index (χ4v) is 2.15. The van der Waals surface area contributed by atoms with Gasteiger partial charge in [-0.3, -0.25) is 14.9 Å². The largest absolute Gasteiger partial charge is 0.447 e. The van der Waals surface area contributed by atoms with Crippen LogP contribution < -0.4 is 16.0 Å². The monoisotopic (exact) mass is 394 g/mol. The van der Waals surface area contributed by atoms with Gasteiger partial charge >= 0.3 is 6.09 Å². The van der Waals surface area contributed by atoms with Crippen LogP contribution in [-0.2, 0) is 19.1 Å². The van der Waals surface area contributed by atoms with Gasteiger partial charge in [0.05, 0.1) is 19.7 Å². The van der Waals surface area contributed by atoms with Crippen LogP contribution in [0.3, 0.4) is 0 Å². The first-order chi connectivity index (χ1) is 13.1. The lowest BCUT2D eigenvalue weighted by Crippen LogP contribution is -2.47. The van der Waals surface area contributed by atoms with Gasteiger partial charge in [-0.1, -0.05) is 6.07 Å². The molecule has 9 nitrogen and oxygen atoms in total. The number of amides is 3. The molecular weight excluding hydrogens is 364 g/mol. The lowest BCUT2D eigenvalue weighted by Gasteiger charge is -2.23. The highest BCUT2D eigenvalue weighted by Crippen LogP contribution is 2.15. The number of methoxy groups -OCH3 is 1. The predicted octanol–water partition coefficient (Wildman–Crippen LogP) is 1.67. The van der Waals surface area contributed by atoms with Crippen molar-refractivity contribution in [3.8, 4) is 0 Å². The summed E-state index contributed by atoms with van der Waals surface area (Å²) in [6, 6.07) is 6.88. The molecule has 0 spiro atoms. The Hall–Kier alpha value is -2.81. The summed E-state index contributed by atoms with van der Waals surface area (Å²) in [4.78, 5) is 37.1. The highest BCUT2D eigenvalue weighted by Gasteiger charge is 2.17. The number of anilines is 2. The van der Waals surface area contributed by atoms with E-state index in [1.165, 1.54) is 12.0 Å². The molecule has 1 aromatic rings. The fourth-order valence-electron chi connectivity index (χ4n) is 2.15. The zero-order valence-corrected chi connectivity index (χ0v) is 17.1. The van der Waals surface area contributed by atoms with Crippen LogP contribution >= 0.6 is 0 Å². The zero-order chi connectivity index (χ0) is 21.2. The van der Waals surface area contributed by atoms with Crippen molar-refractivity contribution in [2.24, 2.45) is 0 Å². The standard InChI is InChI=1S/C19H30N4O5/c1-19(2,3)22-16(24)13-23(4)17(25)12-20-14-7-6-8-15(11-14)21-18(26)28-10-9-27-5/h6-8,11,20H,9-10,12-13H2,1-5H3,(H,21,26)(H,22,24). The Morgan fingerprint density at radius 1 is 1.11 bits per heavy atom. The van der Waals surface area contributed by atoms with Gasteiger partial charge in [0.15, 0.2) is 0 Å². The van der Waals surface area contributed by atoms with Crippen LogP contribution in [0, 0.1) is 0 Å². The van der Waals surface area contributed by atoms with Crippen LogP contribution in [0.2, 0.25) is 0 Å². The number of hydrogen-bond acceptors (Lipinski definition) is 6. The van der Waals surface area contributed by atoms with Gasteiger partial charge in [0.1, 0.15) is 6.61 Å². The van der Waals surface area contributed by atoms with Gasteiger partial charge in [-0.05, 0) is 39.0 Å². The summed E-state index contributed by atoms with van der Waals surface area (Å²) in [5.74, 6) is -0.456. The third-order valence-corrected chi connectivity index (χ3v) is 3.39. The molecule has 1 aromatic carbocycles. The Labute approximate surface area is 165 Å². The molecule has 0 aliphatic carbocycles. The second kappa shape index (κ2) is 11.1. The smallest absolute Gasteiger partial charge is 0.411 e. The second-order valence-electron chi connectivity index (χ2n) is 7.24. The number of carbonyl (C=O) groups is 3. The summed E-state index contributed by atoms with van der Waals surface area (Å²) in [5.41, 5.74) is 0.825. The van der Waals surface area contributed by atoms with Crippen molar-refractivity contribution in [2.75, 3.05) is 51.1 Å². The minimum Gasteiger partial charge on any atom is -0.447 e. The molecule has 0 aromatic heterocycles. The van der Waals surface area contributed by atoms with E-state index in [2.05, 4.69) is 16.0 Å². The summed E-state index contributed by atoms with van der Waals surface area (Å²) in [5, 5.41) is 8.38. The molecular formula is C19H30N4O5. The zero-order valence-electron chi connectivity index (χ0n) is 17.1. The Morgan fingerprint density at radius 2 is 1.79 bits per heavy atom. The molecule has 0 atom stereocenters.